The van der Waals surface area contributed by atoms with Crippen molar-refractivity contribution in [3.8, 4) is 0 Å². The summed E-state index contributed by atoms with van der Waals surface area (Å²) in [4.78, 5) is 34.8. The monoisotopic (exact) mass is 480 g/mol. The van der Waals surface area contributed by atoms with E-state index in [1.54, 1.807) is 12.5 Å². The van der Waals surface area contributed by atoms with E-state index < -0.39 is 5.54 Å². The second-order valence-corrected chi connectivity index (χ2v) is 10.4. The second kappa shape index (κ2) is 11.5. The lowest BCUT2D eigenvalue weighted by atomic mass is 9.70. The molecule has 4 rings (SSSR count). The van der Waals surface area contributed by atoms with Crippen molar-refractivity contribution in [3.63, 3.8) is 0 Å². The summed E-state index contributed by atoms with van der Waals surface area (Å²) in [5, 5.41) is 3.10. The largest absolute Gasteiger partial charge is 0.368 e. The maximum Gasteiger partial charge on any atom is 0.221 e. The number of aryl methyl sites for hydroxylation is 1. The SMILES string of the molecule is CCCCOC1(c2ccccc2)CN(C2CCCCC2[C@](C)(C=O)NC(=O)CCc2c[nH]cn2)C1. The van der Waals surface area contributed by atoms with Gasteiger partial charge in [-0.25, -0.2) is 4.98 Å². The lowest BCUT2D eigenvalue weighted by molar-refractivity contribution is -0.177. The molecule has 0 spiro atoms. The molecule has 7 heteroatoms. The molecule has 2 aromatic rings. The maximum absolute atomic E-state index is 12.8. The molecule has 2 fully saturated rings. The summed E-state index contributed by atoms with van der Waals surface area (Å²) in [6.07, 6.45) is 11.6. The standard InChI is InChI=1S/C28H40N4O3/c1-3-4-16-35-28(22-10-6-5-7-11-22)18-32(19-28)25-13-9-8-12-24(25)27(2,20-33)31-26(34)15-14-23-17-29-21-30-23/h5-7,10-11,17,20-21,24-25H,3-4,8-9,12-16,18-19H2,1-2H3,(H,29,30)(H,31,34)/t24?,25?,27-/m0/s1. The fraction of sp³-hybridized carbons (Fsp3) is 0.607. The topological polar surface area (TPSA) is 87.3 Å². The number of ether oxygens (including phenoxy) is 1. The summed E-state index contributed by atoms with van der Waals surface area (Å²) in [6, 6.07) is 10.8. The van der Waals surface area contributed by atoms with Gasteiger partial charge in [0.1, 0.15) is 11.9 Å². The van der Waals surface area contributed by atoms with Crippen LogP contribution in [-0.4, -0.2) is 58.3 Å². The molecule has 1 aliphatic carbocycles. The highest BCUT2D eigenvalue weighted by atomic mass is 16.5. The van der Waals surface area contributed by atoms with Crippen LogP contribution in [0.5, 0.6) is 0 Å². The minimum absolute atomic E-state index is 0.0764. The Kier molecular flexibility index (Phi) is 8.39. The Morgan fingerprint density at radius 2 is 2.06 bits per heavy atom. The number of nitrogens with one attached hydrogen (secondary N) is 2. The number of benzene rings is 1. The molecule has 3 atom stereocenters. The number of rotatable bonds is 12. The number of unbranched alkanes of at least 4 members (excludes halogenated alkanes) is 1. The van der Waals surface area contributed by atoms with Crippen LogP contribution in [0.4, 0.5) is 0 Å². The summed E-state index contributed by atoms with van der Waals surface area (Å²) in [5.41, 5.74) is 0.902. The van der Waals surface area contributed by atoms with Crippen LogP contribution in [0.25, 0.3) is 0 Å². The van der Waals surface area contributed by atoms with Gasteiger partial charge in [0, 0.05) is 44.3 Å². The van der Waals surface area contributed by atoms with Gasteiger partial charge in [-0.05, 0) is 38.2 Å². The van der Waals surface area contributed by atoms with E-state index in [1.165, 1.54) is 5.56 Å². The molecule has 1 amide bonds. The van der Waals surface area contributed by atoms with Gasteiger partial charge in [0.05, 0.1) is 17.6 Å². The Labute approximate surface area is 209 Å². The molecule has 2 unspecified atom stereocenters. The molecule has 1 saturated heterocycles. The van der Waals surface area contributed by atoms with Gasteiger partial charge in [0.15, 0.2) is 0 Å². The molecule has 1 saturated carbocycles. The van der Waals surface area contributed by atoms with Crippen molar-refractivity contribution in [2.75, 3.05) is 19.7 Å². The van der Waals surface area contributed by atoms with E-state index >= 15 is 0 Å². The molecule has 0 bridgehead atoms. The molecular weight excluding hydrogens is 440 g/mol. The number of carbonyl (C=O) groups excluding carboxylic acids is 2. The summed E-state index contributed by atoms with van der Waals surface area (Å²) < 4.78 is 6.50. The number of aromatic amines is 1. The van der Waals surface area contributed by atoms with E-state index in [9.17, 15) is 9.59 Å². The van der Waals surface area contributed by atoms with E-state index in [-0.39, 0.29) is 23.5 Å². The minimum Gasteiger partial charge on any atom is -0.368 e. The zero-order chi connectivity index (χ0) is 24.7. The summed E-state index contributed by atoms with van der Waals surface area (Å²) in [6.45, 7) is 6.48. The number of likely N-dealkylation sites (tertiary alicyclic amines) is 1. The summed E-state index contributed by atoms with van der Waals surface area (Å²) >= 11 is 0. The third kappa shape index (κ3) is 5.84. The summed E-state index contributed by atoms with van der Waals surface area (Å²) in [7, 11) is 0. The molecule has 2 aliphatic rings. The Balaban J connectivity index is 1.44. The van der Waals surface area contributed by atoms with Crippen LogP contribution in [0.1, 0.15) is 70.1 Å². The third-order valence-electron chi connectivity index (χ3n) is 7.88. The molecule has 1 aromatic heterocycles. The van der Waals surface area contributed by atoms with Crippen LogP contribution in [0.3, 0.4) is 0 Å². The van der Waals surface area contributed by atoms with Gasteiger partial charge in [0.2, 0.25) is 5.91 Å². The van der Waals surface area contributed by atoms with Gasteiger partial charge in [0.25, 0.3) is 0 Å². The van der Waals surface area contributed by atoms with E-state index in [0.29, 0.717) is 12.8 Å². The molecule has 0 radical (unpaired) electrons. The lowest BCUT2D eigenvalue weighted by Crippen LogP contribution is -2.68. The zero-order valence-electron chi connectivity index (χ0n) is 21.2. The Hall–Kier alpha value is -2.51. The van der Waals surface area contributed by atoms with Crippen molar-refractivity contribution in [1.29, 1.82) is 0 Å². The molecule has 7 nitrogen and oxygen atoms in total. The average molecular weight is 481 g/mol. The number of hydrogen-bond donors (Lipinski definition) is 2. The van der Waals surface area contributed by atoms with E-state index in [0.717, 1.165) is 70.2 Å². The highest BCUT2D eigenvalue weighted by Gasteiger charge is 2.52. The van der Waals surface area contributed by atoms with Crippen LogP contribution in [0.15, 0.2) is 42.9 Å². The van der Waals surface area contributed by atoms with Gasteiger partial charge < -0.3 is 19.8 Å². The number of imidazole rings is 1. The number of aldehydes is 1. The molecule has 1 aliphatic heterocycles. The molecule has 2 heterocycles. The minimum atomic E-state index is -0.887. The first-order valence-electron chi connectivity index (χ1n) is 13.2. The Bertz CT molecular complexity index is 942. The number of H-pyrrole nitrogens is 1. The first-order valence-corrected chi connectivity index (χ1v) is 13.2. The second-order valence-electron chi connectivity index (χ2n) is 10.4. The fourth-order valence-corrected chi connectivity index (χ4v) is 5.84. The van der Waals surface area contributed by atoms with Gasteiger partial charge >= 0.3 is 0 Å². The van der Waals surface area contributed by atoms with Crippen molar-refractivity contribution in [3.05, 3.63) is 54.1 Å². The van der Waals surface area contributed by atoms with Crippen molar-refractivity contribution in [2.24, 2.45) is 5.92 Å². The first kappa shape index (κ1) is 25.6. The van der Waals surface area contributed by atoms with Crippen molar-refractivity contribution in [2.45, 2.75) is 82.4 Å². The van der Waals surface area contributed by atoms with E-state index in [2.05, 4.69) is 51.4 Å². The number of carbonyl (C=O) groups is 2. The molecule has 2 N–H and O–H groups in total. The van der Waals surface area contributed by atoms with E-state index in [4.69, 9.17) is 4.74 Å². The normalized spacial score (nSPS) is 23.7. The molecule has 35 heavy (non-hydrogen) atoms. The average Bonchev–Trinajstić information content (AvgIpc) is 3.39. The van der Waals surface area contributed by atoms with Crippen molar-refractivity contribution in [1.82, 2.24) is 20.2 Å². The van der Waals surface area contributed by atoms with Crippen LogP contribution in [0.2, 0.25) is 0 Å². The van der Waals surface area contributed by atoms with Gasteiger partial charge in [-0.3, -0.25) is 9.69 Å². The number of amides is 1. The highest BCUT2D eigenvalue weighted by Crippen LogP contribution is 2.43. The Morgan fingerprint density at radius 3 is 2.74 bits per heavy atom. The number of nitrogens with zero attached hydrogens (tertiary/aromatic N) is 2. The van der Waals surface area contributed by atoms with Crippen LogP contribution >= 0.6 is 0 Å². The number of hydrogen-bond acceptors (Lipinski definition) is 5. The van der Waals surface area contributed by atoms with Crippen molar-refractivity contribution >= 4 is 12.2 Å². The predicted molar refractivity (Wildman–Crippen MR) is 136 cm³/mol. The molecule has 190 valence electrons. The maximum atomic E-state index is 12.8. The van der Waals surface area contributed by atoms with Gasteiger partial charge in [-0.15, -0.1) is 0 Å². The van der Waals surface area contributed by atoms with Crippen LogP contribution in [0, 0.1) is 5.92 Å². The van der Waals surface area contributed by atoms with Crippen LogP contribution in [-0.2, 0) is 26.3 Å². The fourth-order valence-electron chi connectivity index (χ4n) is 5.84. The molecular formula is C28H40N4O3. The quantitative estimate of drug-likeness (QED) is 0.354. The third-order valence-corrected chi connectivity index (χ3v) is 7.88. The number of aromatic nitrogens is 2. The first-order chi connectivity index (χ1) is 17.0. The Morgan fingerprint density at radius 1 is 1.29 bits per heavy atom. The van der Waals surface area contributed by atoms with Crippen molar-refractivity contribution < 1.29 is 14.3 Å². The highest BCUT2D eigenvalue weighted by molar-refractivity contribution is 5.82. The smallest absolute Gasteiger partial charge is 0.221 e. The van der Waals surface area contributed by atoms with E-state index in [1.807, 2.05) is 13.0 Å². The van der Waals surface area contributed by atoms with Gasteiger partial charge in [-0.1, -0.05) is 56.5 Å². The zero-order valence-corrected chi connectivity index (χ0v) is 21.2. The lowest BCUT2D eigenvalue weighted by Gasteiger charge is -2.57. The van der Waals surface area contributed by atoms with Crippen LogP contribution < -0.4 is 5.32 Å². The predicted octanol–water partition coefficient (Wildman–Crippen LogP) is 4.00. The molecule has 1 aromatic carbocycles. The summed E-state index contributed by atoms with van der Waals surface area (Å²) in [5.74, 6) is -0.0236. The van der Waals surface area contributed by atoms with Gasteiger partial charge in [-0.2, -0.15) is 0 Å².